The Morgan fingerprint density at radius 2 is 1.97 bits per heavy atom. The number of hydrogen-bond acceptors (Lipinski definition) is 5. The Bertz CT molecular complexity index is 816. The van der Waals surface area contributed by atoms with Crippen LogP contribution in [0.2, 0.25) is 0 Å². The van der Waals surface area contributed by atoms with Crippen LogP contribution < -0.4 is 16.4 Å². The summed E-state index contributed by atoms with van der Waals surface area (Å²) >= 11 is 0. The molecular formula is C22H32F3N5O2. The summed E-state index contributed by atoms with van der Waals surface area (Å²) in [5.41, 5.74) is 6.93. The number of nitrogens with one attached hydrogen (secondary N) is 2. The van der Waals surface area contributed by atoms with Crippen LogP contribution in [0.4, 0.5) is 13.2 Å². The van der Waals surface area contributed by atoms with Gasteiger partial charge in [0.05, 0.1) is 17.8 Å². The van der Waals surface area contributed by atoms with E-state index in [1.54, 1.807) is 26.0 Å². The van der Waals surface area contributed by atoms with Crippen molar-refractivity contribution in [1.82, 2.24) is 20.5 Å². The number of hydrogen-bond donors (Lipinski definition) is 3. The normalized spacial score (nSPS) is 17.8. The molecule has 0 aromatic carbocycles. The van der Waals surface area contributed by atoms with Crippen molar-refractivity contribution < 1.29 is 22.8 Å². The molecule has 10 heteroatoms. The average molecular weight is 456 g/mol. The molecule has 2 amide bonds. The number of halogens is 3. The lowest BCUT2D eigenvalue weighted by atomic mass is 10.1. The fourth-order valence-electron chi connectivity index (χ4n) is 3.13. The first-order valence-electron chi connectivity index (χ1n) is 10.6. The Labute approximate surface area is 186 Å². The predicted octanol–water partition coefficient (Wildman–Crippen LogP) is 3.36. The van der Waals surface area contributed by atoms with E-state index in [-0.39, 0.29) is 23.8 Å². The van der Waals surface area contributed by atoms with Gasteiger partial charge in [0.15, 0.2) is 0 Å². The molecule has 1 unspecified atom stereocenters. The molecule has 0 aliphatic carbocycles. The van der Waals surface area contributed by atoms with E-state index < -0.39 is 24.5 Å². The smallest absolute Gasteiger partial charge is 0.401 e. The molecule has 1 aromatic rings. The highest BCUT2D eigenvalue weighted by Gasteiger charge is 2.33. The number of amides is 2. The van der Waals surface area contributed by atoms with E-state index in [9.17, 15) is 22.8 Å². The lowest BCUT2D eigenvalue weighted by Crippen LogP contribution is -2.50. The van der Waals surface area contributed by atoms with Gasteiger partial charge in [-0.2, -0.15) is 13.2 Å². The van der Waals surface area contributed by atoms with Gasteiger partial charge in [-0.15, -0.1) is 0 Å². The van der Waals surface area contributed by atoms with Crippen LogP contribution in [-0.4, -0.2) is 53.6 Å². The summed E-state index contributed by atoms with van der Waals surface area (Å²) in [6.07, 6.45) is 1.55. The second kappa shape index (κ2) is 12.8. The van der Waals surface area contributed by atoms with E-state index in [1.165, 1.54) is 23.2 Å². The maximum atomic E-state index is 12.6. The Kier molecular flexibility index (Phi) is 10.9. The first-order valence-corrected chi connectivity index (χ1v) is 10.6. The first kappa shape index (κ1) is 27.2. The van der Waals surface area contributed by atoms with E-state index >= 15 is 0 Å². The monoisotopic (exact) mass is 455 g/mol. The van der Waals surface area contributed by atoms with Gasteiger partial charge >= 0.3 is 6.18 Å². The van der Waals surface area contributed by atoms with Gasteiger partial charge in [-0.3, -0.25) is 19.5 Å². The number of aromatic nitrogens is 1. The molecular weight excluding hydrogens is 423 g/mol. The second-order valence-electron chi connectivity index (χ2n) is 7.15. The number of rotatable bonds is 6. The van der Waals surface area contributed by atoms with E-state index in [1.807, 2.05) is 13.8 Å². The van der Waals surface area contributed by atoms with Crippen LogP contribution in [0.3, 0.4) is 0 Å². The van der Waals surface area contributed by atoms with Crippen molar-refractivity contribution in [2.75, 3.05) is 19.6 Å². The molecule has 7 nitrogen and oxygen atoms in total. The Morgan fingerprint density at radius 1 is 1.28 bits per heavy atom. The molecule has 0 bridgehead atoms. The molecule has 1 aliphatic rings. The van der Waals surface area contributed by atoms with Gasteiger partial charge in [0.2, 0.25) is 0 Å². The van der Waals surface area contributed by atoms with Crippen molar-refractivity contribution in [3.8, 4) is 0 Å². The van der Waals surface area contributed by atoms with Gasteiger partial charge < -0.3 is 16.4 Å². The van der Waals surface area contributed by atoms with Crippen molar-refractivity contribution in [2.24, 2.45) is 5.73 Å². The molecule has 1 aliphatic heterocycles. The van der Waals surface area contributed by atoms with Crippen LogP contribution in [0.15, 0.2) is 41.9 Å². The van der Waals surface area contributed by atoms with E-state index in [4.69, 9.17) is 5.73 Å². The quantitative estimate of drug-likeness (QED) is 0.571. The standard InChI is InChI=1S/C20H26F3N5O2.C2H6/c1-3-5-16(13(2)24)27-19(30)17-8-7-14(10-25-17)18(29)26-15-6-4-9-28(11-15)12-20(21,22)23;1-2/h3,5,7-8,10,15H,4,6,9,11-12,24H2,1-2H3,(H,26,29)(H,27,30);1-2H3/b5-3-,16-13-;. The van der Waals surface area contributed by atoms with Crippen molar-refractivity contribution in [2.45, 2.75) is 52.8 Å². The molecule has 1 fully saturated rings. The third kappa shape index (κ3) is 9.09. The summed E-state index contributed by atoms with van der Waals surface area (Å²) in [7, 11) is 0. The van der Waals surface area contributed by atoms with Crippen LogP contribution in [0, 0.1) is 0 Å². The van der Waals surface area contributed by atoms with Gasteiger partial charge in [-0.05, 0) is 51.4 Å². The van der Waals surface area contributed by atoms with Crippen LogP contribution >= 0.6 is 0 Å². The maximum absolute atomic E-state index is 12.6. The highest BCUT2D eigenvalue weighted by Crippen LogP contribution is 2.20. The Morgan fingerprint density at radius 3 is 2.50 bits per heavy atom. The second-order valence-corrected chi connectivity index (χ2v) is 7.15. The minimum absolute atomic E-state index is 0.101. The molecule has 1 saturated heterocycles. The number of alkyl halides is 3. The number of carbonyl (C=O) groups excluding carboxylic acids is 2. The van der Waals surface area contributed by atoms with Crippen LogP contribution in [0.5, 0.6) is 0 Å². The largest absolute Gasteiger partial charge is 0.401 e. The maximum Gasteiger partial charge on any atom is 0.401 e. The number of carbonyl (C=O) groups is 2. The summed E-state index contributed by atoms with van der Waals surface area (Å²) in [5.74, 6) is -0.921. The lowest BCUT2D eigenvalue weighted by molar-refractivity contribution is -0.148. The summed E-state index contributed by atoms with van der Waals surface area (Å²) in [6.45, 7) is 6.94. The molecule has 0 radical (unpaired) electrons. The van der Waals surface area contributed by atoms with Gasteiger partial charge in [0.25, 0.3) is 11.8 Å². The number of allylic oxidation sites excluding steroid dienone is 3. The summed E-state index contributed by atoms with van der Waals surface area (Å²) in [5, 5.41) is 5.38. The zero-order valence-electron chi connectivity index (χ0n) is 18.9. The molecule has 1 aromatic heterocycles. The van der Waals surface area contributed by atoms with Crippen molar-refractivity contribution in [1.29, 1.82) is 0 Å². The summed E-state index contributed by atoms with van der Waals surface area (Å²) in [4.78, 5) is 30.0. The van der Waals surface area contributed by atoms with Crippen LogP contribution in [0.1, 0.15) is 61.4 Å². The molecule has 0 saturated carbocycles. The van der Waals surface area contributed by atoms with Crippen molar-refractivity contribution in [3.63, 3.8) is 0 Å². The third-order valence-corrected chi connectivity index (χ3v) is 4.51. The van der Waals surface area contributed by atoms with Crippen LogP contribution in [-0.2, 0) is 0 Å². The lowest BCUT2D eigenvalue weighted by Gasteiger charge is -2.33. The SMILES string of the molecule is C/C=C\C(NC(=O)c1ccc(C(=O)NC2CCCN(CC(F)(F)F)C2)cn1)=C(/C)N.CC. The van der Waals surface area contributed by atoms with Crippen LogP contribution in [0.25, 0.3) is 0 Å². The number of nitrogens with two attached hydrogens (primary N) is 1. The van der Waals surface area contributed by atoms with E-state index in [2.05, 4.69) is 15.6 Å². The number of piperidine rings is 1. The molecule has 32 heavy (non-hydrogen) atoms. The Balaban J connectivity index is 0.00000249. The van der Waals surface area contributed by atoms with Crippen molar-refractivity contribution in [3.05, 3.63) is 53.1 Å². The summed E-state index contributed by atoms with van der Waals surface area (Å²) < 4.78 is 37.7. The minimum atomic E-state index is -4.27. The zero-order valence-corrected chi connectivity index (χ0v) is 18.9. The van der Waals surface area contributed by atoms with E-state index in [0.29, 0.717) is 30.8 Å². The molecule has 2 heterocycles. The highest BCUT2D eigenvalue weighted by molar-refractivity contribution is 5.97. The van der Waals surface area contributed by atoms with Gasteiger partial charge in [-0.1, -0.05) is 19.9 Å². The average Bonchev–Trinajstić information content (AvgIpc) is 2.74. The Hall–Kier alpha value is -2.88. The highest BCUT2D eigenvalue weighted by atomic mass is 19.4. The molecule has 4 N–H and O–H groups in total. The third-order valence-electron chi connectivity index (χ3n) is 4.51. The van der Waals surface area contributed by atoms with Gasteiger partial charge in [0.1, 0.15) is 5.69 Å². The molecule has 1 atom stereocenters. The zero-order chi connectivity index (χ0) is 24.3. The molecule has 0 spiro atoms. The van der Waals surface area contributed by atoms with Crippen molar-refractivity contribution >= 4 is 11.8 Å². The van der Waals surface area contributed by atoms with Gasteiger partial charge in [0, 0.05) is 24.5 Å². The first-order chi connectivity index (χ1) is 15.1. The molecule has 178 valence electrons. The number of pyridine rings is 1. The number of nitrogens with zero attached hydrogens (tertiary/aromatic N) is 2. The van der Waals surface area contributed by atoms with E-state index in [0.717, 1.165) is 0 Å². The van der Waals surface area contributed by atoms with Gasteiger partial charge in [-0.25, -0.2) is 0 Å². The predicted molar refractivity (Wildman–Crippen MR) is 118 cm³/mol. The molecule has 2 rings (SSSR count). The fourth-order valence-corrected chi connectivity index (χ4v) is 3.13. The minimum Gasteiger partial charge on any atom is -0.401 e. The summed E-state index contributed by atoms with van der Waals surface area (Å²) in [6, 6.07) is 2.47. The fraction of sp³-hybridized carbons (Fsp3) is 0.500. The topological polar surface area (TPSA) is 100 Å². The number of likely N-dealkylation sites (tertiary alicyclic amines) is 1.